The van der Waals surface area contributed by atoms with Crippen molar-refractivity contribution in [3.05, 3.63) is 41.2 Å². The van der Waals surface area contributed by atoms with E-state index < -0.39 is 5.97 Å². The first-order valence-electron chi connectivity index (χ1n) is 6.17. The van der Waals surface area contributed by atoms with Crippen LogP contribution in [0, 0.1) is 13.8 Å². The number of anilines is 1. The number of nitrogen functional groups attached to an aromatic ring is 1. The van der Waals surface area contributed by atoms with Crippen molar-refractivity contribution in [3.8, 4) is 11.1 Å². The molecule has 2 aromatic rings. The molecule has 0 fully saturated rings. The molecule has 0 bridgehead atoms. The van der Waals surface area contributed by atoms with Gasteiger partial charge in [-0.1, -0.05) is 29.8 Å². The molecule has 0 aliphatic heterocycles. The fourth-order valence-corrected chi connectivity index (χ4v) is 2.02. The maximum Gasteiger partial charge on any atom is 0.342 e. The standard InChI is InChI=1S/C15H17NO3/c1-4-18-15(17)12-10(3)19-14(16)13(12)11-7-5-9(2)6-8-11/h5-8H,4,16H2,1-3H3. The van der Waals surface area contributed by atoms with Crippen molar-refractivity contribution in [1.82, 2.24) is 0 Å². The fraction of sp³-hybridized carbons (Fsp3) is 0.267. The highest BCUT2D eigenvalue weighted by atomic mass is 16.5. The molecule has 0 saturated carbocycles. The zero-order chi connectivity index (χ0) is 14.0. The lowest BCUT2D eigenvalue weighted by Crippen LogP contribution is -2.06. The molecule has 0 radical (unpaired) electrons. The van der Waals surface area contributed by atoms with Crippen LogP contribution in [0.2, 0.25) is 0 Å². The van der Waals surface area contributed by atoms with Gasteiger partial charge in [0.2, 0.25) is 0 Å². The number of furan rings is 1. The summed E-state index contributed by atoms with van der Waals surface area (Å²) >= 11 is 0. The van der Waals surface area contributed by atoms with Crippen LogP contribution in [0.15, 0.2) is 28.7 Å². The molecule has 1 heterocycles. The molecule has 0 aliphatic carbocycles. The molecule has 1 aromatic heterocycles. The van der Waals surface area contributed by atoms with Crippen molar-refractivity contribution in [1.29, 1.82) is 0 Å². The minimum atomic E-state index is -0.406. The molecule has 0 unspecified atom stereocenters. The van der Waals surface area contributed by atoms with E-state index in [4.69, 9.17) is 14.9 Å². The first-order chi connectivity index (χ1) is 9.04. The van der Waals surface area contributed by atoms with Crippen LogP contribution in [0.4, 0.5) is 5.88 Å². The van der Waals surface area contributed by atoms with Crippen molar-refractivity contribution < 1.29 is 13.9 Å². The average molecular weight is 259 g/mol. The number of hydrogen-bond acceptors (Lipinski definition) is 4. The lowest BCUT2D eigenvalue weighted by atomic mass is 10.0. The van der Waals surface area contributed by atoms with Crippen molar-refractivity contribution in [2.75, 3.05) is 12.3 Å². The zero-order valence-electron chi connectivity index (χ0n) is 11.3. The number of benzene rings is 1. The molecule has 2 N–H and O–H groups in total. The van der Waals surface area contributed by atoms with Gasteiger partial charge in [0.1, 0.15) is 11.3 Å². The van der Waals surface area contributed by atoms with Crippen molar-refractivity contribution in [2.45, 2.75) is 20.8 Å². The number of hydrogen-bond donors (Lipinski definition) is 1. The van der Waals surface area contributed by atoms with Gasteiger partial charge in [0.25, 0.3) is 0 Å². The first kappa shape index (κ1) is 13.2. The normalized spacial score (nSPS) is 10.5. The number of esters is 1. The van der Waals surface area contributed by atoms with Gasteiger partial charge in [0.05, 0.1) is 12.2 Å². The third-order valence-corrected chi connectivity index (χ3v) is 2.93. The van der Waals surface area contributed by atoms with Crippen LogP contribution in [0.5, 0.6) is 0 Å². The van der Waals surface area contributed by atoms with Gasteiger partial charge in [0.15, 0.2) is 5.88 Å². The summed E-state index contributed by atoms with van der Waals surface area (Å²) in [6.45, 7) is 5.79. The summed E-state index contributed by atoms with van der Waals surface area (Å²) < 4.78 is 10.4. The van der Waals surface area contributed by atoms with E-state index in [2.05, 4.69) is 0 Å². The SMILES string of the molecule is CCOC(=O)c1c(C)oc(N)c1-c1ccc(C)cc1. The third-order valence-electron chi connectivity index (χ3n) is 2.93. The Kier molecular flexibility index (Phi) is 3.60. The maximum absolute atomic E-state index is 12.0. The van der Waals surface area contributed by atoms with Gasteiger partial charge in [-0.15, -0.1) is 0 Å². The Morgan fingerprint density at radius 1 is 1.26 bits per heavy atom. The molecule has 0 amide bonds. The van der Waals surface area contributed by atoms with E-state index in [0.29, 0.717) is 23.5 Å². The molecule has 100 valence electrons. The van der Waals surface area contributed by atoms with E-state index in [1.165, 1.54) is 0 Å². The highest BCUT2D eigenvalue weighted by Gasteiger charge is 2.24. The van der Waals surface area contributed by atoms with E-state index in [-0.39, 0.29) is 5.88 Å². The zero-order valence-corrected chi connectivity index (χ0v) is 11.3. The summed E-state index contributed by atoms with van der Waals surface area (Å²) in [5.74, 6) is 0.312. The number of nitrogens with two attached hydrogens (primary N) is 1. The van der Waals surface area contributed by atoms with E-state index in [0.717, 1.165) is 11.1 Å². The number of rotatable bonds is 3. The van der Waals surface area contributed by atoms with Crippen LogP contribution in [0.25, 0.3) is 11.1 Å². The van der Waals surface area contributed by atoms with Crippen LogP contribution < -0.4 is 5.73 Å². The van der Waals surface area contributed by atoms with Crippen LogP contribution in [0.1, 0.15) is 28.6 Å². The van der Waals surface area contributed by atoms with Gasteiger partial charge >= 0.3 is 5.97 Å². The van der Waals surface area contributed by atoms with Crippen LogP contribution >= 0.6 is 0 Å². The highest BCUT2D eigenvalue weighted by molar-refractivity contribution is 6.01. The van der Waals surface area contributed by atoms with Crippen molar-refractivity contribution in [2.24, 2.45) is 0 Å². The number of aryl methyl sites for hydroxylation is 2. The molecule has 4 heteroatoms. The summed E-state index contributed by atoms with van der Waals surface area (Å²) in [6, 6.07) is 7.76. The van der Waals surface area contributed by atoms with E-state index >= 15 is 0 Å². The molecule has 0 aliphatic rings. The molecule has 4 nitrogen and oxygen atoms in total. The molecule has 0 spiro atoms. The molecule has 0 atom stereocenters. The Hall–Kier alpha value is -2.23. The monoisotopic (exact) mass is 259 g/mol. The van der Waals surface area contributed by atoms with Crippen LogP contribution in [0.3, 0.4) is 0 Å². The fourth-order valence-electron chi connectivity index (χ4n) is 2.02. The number of carbonyl (C=O) groups excluding carboxylic acids is 1. The van der Waals surface area contributed by atoms with Crippen LogP contribution in [-0.2, 0) is 4.74 Å². The second kappa shape index (κ2) is 5.18. The van der Waals surface area contributed by atoms with Crippen molar-refractivity contribution >= 4 is 11.9 Å². The Labute approximate surface area is 112 Å². The van der Waals surface area contributed by atoms with Gasteiger partial charge in [-0.3, -0.25) is 0 Å². The van der Waals surface area contributed by atoms with Crippen LogP contribution in [-0.4, -0.2) is 12.6 Å². The second-order valence-corrected chi connectivity index (χ2v) is 4.36. The molecule has 1 aromatic carbocycles. The topological polar surface area (TPSA) is 65.5 Å². The average Bonchev–Trinajstić information content (AvgIpc) is 2.65. The molecular weight excluding hydrogens is 242 g/mol. The smallest absolute Gasteiger partial charge is 0.342 e. The summed E-state index contributed by atoms with van der Waals surface area (Å²) in [5, 5.41) is 0. The molecule has 19 heavy (non-hydrogen) atoms. The maximum atomic E-state index is 12.0. The summed E-state index contributed by atoms with van der Waals surface area (Å²) in [6.07, 6.45) is 0. The van der Waals surface area contributed by atoms with Gasteiger partial charge in [-0.2, -0.15) is 0 Å². The Morgan fingerprint density at radius 2 is 1.89 bits per heavy atom. The van der Waals surface area contributed by atoms with E-state index in [1.807, 2.05) is 31.2 Å². The summed E-state index contributed by atoms with van der Waals surface area (Å²) in [4.78, 5) is 12.0. The second-order valence-electron chi connectivity index (χ2n) is 4.36. The predicted molar refractivity (Wildman–Crippen MR) is 74.0 cm³/mol. The molecule has 2 rings (SSSR count). The number of ether oxygens (including phenoxy) is 1. The Morgan fingerprint density at radius 3 is 2.47 bits per heavy atom. The minimum Gasteiger partial charge on any atom is -0.462 e. The van der Waals surface area contributed by atoms with Gasteiger partial charge in [-0.05, 0) is 26.3 Å². The van der Waals surface area contributed by atoms with E-state index in [1.54, 1.807) is 13.8 Å². The predicted octanol–water partition coefficient (Wildman–Crippen LogP) is 3.32. The molecular formula is C15H17NO3. The quantitative estimate of drug-likeness (QED) is 0.859. The van der Waals surface area contributed by atoms with Crippen molar-refractivity contribution in [3.63, 3.8) is 0 Å². The Balaban J connectivity index is 2.56. The summed E-state index contributed by atoms with van der Waals surface area (Å²) in [7, 11) is 0. The van der Waals surface area contributed by atoms with E-state index in [9.17, 15) is 4.79 Å². The third kappa shape index (κ3) is 2.47. The van der Waals surface area contributed by atoms with Gasteiger partial charge in [-0.25, -0.2) is 4.79 Å². The minimum absolute atomic E-state index is 0.240. The lowest BCUT2D eigenvalue weighted by molar-refractivity contribution is 0.0525. The van der Waals surface area contributed by atoms with Gasteiger partial charge < -0.3 is 14.9 Å². The number of carbonyl (C=O) groups is 1. The highest BCUT2D eigenvalue weighted by Crippen LogP contribution is 2.35. The first-order valence-corrected chi connectivity index (χ1v) is 6.17. The summed E-state index contributed by atoms with van der Waals surface area (Å²) in [5.41, 5.74) is 8.87. The lowest BCUT2D eigenvalue weighted by Gasteiger charge is -2.05. The molecule has 0 saturated heterocycles. The largest absolute Gasteiger partial charge is 0.462 e. The van der Waals surface area contributed by atoms with Gasteiger partial charge in [0, 0.05) is 0 Å². The Bertz CT molecular complexity index is 597.